The van der Waals surface area contributed by atoms with Gasteiger partial charge in [-0.1, -0.05) is 43.8 Å². The first-order valence-electron chi connectivity index (χ1n) is 23.3. The zero-order chi connectivity index (χ0) is 55.0. The van der Waals surface area contributed by atoms with Crippen LogP contribution in [0.2, 0.25) is 5.28 Å². The van der Waals surface area contributed by atoms with Crippen LogP contribution in [0.15, 0.2) is 134 Å². The molecule has 2 atom stereocenters. The molecular formula is C55H53ClF6N10O6. The largest absolute Gasteiger partial charge is 0.573 e. The molecule has 6 heterocycles. The molecule has 2 unspecified atom stereocenters. The Morgan fingerprint density at radius 3 is 1.58 bits per heavy atom. The van der Waals surface area contributed by atoms with Gasteiger partial charge in [-0.15, -0.1) is 26.3 Å². The molecule has 0 aliphatic carbocycles. The Labute approximate surface area is 450 Å². The van der Waals surface area contributed by atoms with Gasteiger partial charge in [-0.3, -0.25) is 9.97 Å². The van der Waals surface area contributed by atoms with Crippen molar-refractivity contribution in [2.24, 2.45) is 0 Å². The quantitative estimate of drug-likeness (QED) is 0.0750. The van der Waals surface area contributed by atoms with E-state index < -0.39 is 24.8 Å². The van der Waals surface area contributed by atoms with E-state index in [0.29, 0.717) is 51.4 Å². The van der Waals surface area contributed by atoms with Gasteiger partial charge in [0.25, 0.3) is 0 Å². The first-order chi connectivity index (χ1) is 36.8. The highest BCUT2D eigenvalue weighted by atomic mass is 35.5. The Hall–Kier alpha value is -8.79. The first kappa shape index (κ1) is 56.9. The van der Waals surface area contributed by atoms with E-state index in [0.717, 1.165) is 39.4 Å². The normalized spacial score (nSPS) is 14.5. The molecule has 4 aromatic carbocycles. The molecule has 2 aliphatic heterocycles. The van der Waals surface area contributed by atoms with Crippen LogP contribution >= 0.6 is 11.6 Å². The van der Waals surface area contributed by atoms with Gasteiger partial charge < -0.3 is 49.3 Å². The van der Waals surface area contributed by atoms with Gasteiger partial charge in [0.1, 0.15) is 36.2 Å². The molecule has 8 aromatic rings. The Balaban J connectivity index is 0.000000187. The minimum atomic E-state index is -4.81. The lowest BCUT2D eigenvalue weighted by atomic mass is 10.0. The minimum Gasteiger partial charge on any atom is -0.496 e. The fourth-order valence-electron chi connectivity index (χ4n) is 8.38. The van der Waals surface area contributed by atoms with E-state index in [1.807, 2.05) is 74.5 Å². The Bertz CT molecular complexity index is 3360. The van der Waals surface area contributed by atoms with Crippen molar-refractivity contribution in [2.75, 3.05) is 62.4 Å². The Kier molecular flexibility index (Phi) is 17.9. The van der Waals surface area contributed by atoms with Crippen molar-refractivity contribution < 1.29 is 54.8 Å². The Morgan fingerprint density at radius 2 is 1.08 bits per heavy atom. The number of rotatable bonds is 10. The molecule has 4 aromatic heterocycles. The molecule has 0 saturated carbocycles. The van der Waals surface area contributed by atoms with E-state index in [-0.39, 0.29) is 43.4 Å². The molecule has 78 heavy (non-hydrogen) atoms. The van der Waals surface area contributed by atoms with E-state index in [9.17, 15) is 26.3 Å². The highest BCUT2D eigenvalue weighted by molar-refractivity contribution is 6.28. The number of likely N-dealkylation sites (N-methyl/N-ethyl adjacent to an activating group) is 2. The van der Waals surface area contributed by atoms with Gasteiger partial charge in [-0.05, 0) is 97.2 Å². The number of fused-ring (bicyclic) bond motifs is 2. The molecule has 0 amide bonds. The van der Waals surface area contributed by atoms with Gasteiger partial charge in [0, 0.05) is 83.6 Å². The van der Waals surface area contributed by atoms with Crippen LogP contribution < -0.4 is 49.3 Å². The number of hydrogen-bond acceptors (Lipinski definition) is 16. The van der Waals surface area contributed by atoms with Crippen LogP contribution in [0.1, 0.15) is 42.0 Å². The van der Waals surface area contributed by atoms with Crippen molar-refractivity contribution in [3.63, 3.8) is 0 Å². The maximum Gasteiger partial charge on any atom is 0.573 e. The smallest absolute Gasteiger partial charge is 0.496 e. The molecule has 0 radical (unpaired) electrons. The number of para-hydroxylation sites is 2. The van der Waals surface area contributed by atoms with Gasteiger partial charge in [-0.2, -0.15) is 9.97 Å². The number of pyridine rings is 2. The summed E-state index contributed by atoms with van der Waals surface area (Å²) >= 11 is 5.78. The number of aryl methyl sites for hydroxylation is 2. The lowest BCUT2D eigenvalue weighted by Gasteiger charge is -2.35. The van der Waals surface area contributed by atoms with E-state index >= 15 is 0 Å². The number of hydrogen-bond donors (Lipinski definition) is 2. The summed E-state index contributed by atoms with van der Waals surface area (Å²) in [5, 5.41) is 3.19. The number of halogens is 7. The van der Waals surface area contributed by atoms with Crippen LogP contribution in [-0.2, 0) is 0 Å². The SMILES string of the molecule is C.CN1c2nc(Cl)ncc2OCC1c1ccccc1OC(F)(F)F.COc1cc(N)ccc1-c1ccnc(C)c1.COc1cc(Nc2ncc3c(n2)N(C)C(c2ccccc2OC(F)(F)F)CO3)ccc1-c1ccnc(C)c1. The number of benzene rings is 4. The second-order valence-corrected chi connectivity index (χ2v) is 17.5. The van der Waals surface area contributed by atoms with Crippen molar-refractivity contribution in [1.29, 1.82) is 0 Å². The summed E-state index contributed by atoms with van der Waals surface area (Å²) in [5.41, 5.74) is 13.7. The van der Waals surface area contributed by atoms with Crippen molar-refractivity contribution in [3.8, 4) is 56.8 Å². The monoisotopic (exact) mass is 1100 g/mol. The van der Waals surface area contributed by atoms with Gasteiger partial charge in [-0.25, -0.2) is 9.97 Å². The number of anilines is 5. The summed E-state index contributed by atoms with van der Waals surface area (Å²) in [6, 6.07) is 30.0. The maximum absolute atomic E-state index is 13.0. The highest BCUT2D eigenvalue weighted by Gasteiger charge is 2.37. The van der Waals surface area contributed by atoms with Crippen LogP contribution in [0.4, 0.5) is 55.3 Å². The van der Waals surface area contributed by atoms with Gasteiger partial charge >= 0.3 is 12.7 Å². The van der Waals surface area contributed by atoms with Crippen LogP contribution in [0.3, 0.4) is 0 Å². The topological polar surface area (TPSA) is 177 Å². The van der Waals surface area contributed by atoms with Crippen LogP contribution in [0.5, 0.6) is 34.5 Å². The number of alkyl halides is 6. The number of ether oxygens (including phenoxy) is 6. The third-order valence-electron chi connectivity index (χ3n) is 11.9. The molecule has 0 saturated heterocycles. The van der Waals surface area contributed by atoms with Gasteiger partial charge in [0.05, 0.1) is 38.7 Å². The standard InChI is InChI=1S/C27H24F3N5O3.C14H11ClF3N3O2.C13H14N2O.CH4/c1-16-12-17(10-11-31-16)19-9-8-18(13-23(19)36-3)33-26-32-14-24-25(34-26)35(2)21(15-37-24)20-6-4-5-7-22(20)38-27(28,29)30;1-21-9(7-22-11-6-19-13(15)20-12(11)21)8-4-2-3-5-10(8)23-14(16,17)18;1-9-7-10(5-6-15-9)12-4-3-11(14)8-13(12)16-2;/h4-14,21H,15H2,1-3H3,(H,32,33,34);2-6,9H,7H2,1H3;3-8H,14H2,1-2H3;1H4. The number of nitrogens with one attached hydrogen (secondary N) is 1. The van der Waals surface area contributed by atoms with Crippen LogP contribution in [0.25, 0.3) is 22.3 Å². The second kappa shape index (κ2) is 24.5. The second-order valence-electron chi connectivity index (χ2n) is 17.1. The summed E-state index contributed by atoms with van der Waals surface area (Å²) in [7, 11) is 6.67. The lowest BCUT2D eigenvalue weighted by molar-refractivity contribution is -0.276. The third kappa shape index (κ3) is 14.0. The highest BCUT2D eigenvalue weighted by Crippen LogP contribution is 2.43. The summed E-state index contributed by atoms with van der Waals surface area (Å²) < 4.78 is 107. The molecule has 23 heteroatoms. The summed E-state index contributed by atoms with van der Waals surface area (Å²) in [4.78, 5) is 28.7. The van der Waals surface area contributed by atoms with Crippen molar-refractivity contribution >= 4 is 40.6 Å². The molecular weight excluding hydrogens is 1050 g/mol. The minimum absolute atomic E-state index is 0. The predicted molar refractivity (Wildman–Crippen MR) is 285 cm³/mol. The molecule has 0 spiro atoms. The number of nitrogens with zero attached hydrogens (tertiary/aromatic N) is 8. The predicted octanol–water partition coefficient (Wildman–Crippen LogP) is 13.0. The summed E-state index contributed by atoms with van der Waals surface area (Å²) in [6.07, 6.45) is -3.09. The molecule has 16 nitrogen and oxygen atoms in total. The van der Waals surface area contributed by atoms with Crippen molar-refractivity contribution in [3.05, 3.63) is 162 Å². The van der Waals surface area contributed by atoms with E-state index in [2.05, 4.69) is 44.7 Å². The maximum atomic E-state index is 13.0. The number of nitrogens with two attached hydrogens (primary N) is 1. The van der Waals surface area contributed by atoms with Crippen molar-refractivity contribution in [1.82, 2.24) is 29.9 Å². The van der Waals surface area contributed by atoms with Gasteiger partial charge in [0.15, 0.2) is 23.1 Å². The number of nitrogen functional groups attached to an aromatic ring is 1. The average Bonchev–Trinajstić information content (AvgIpc) is 3.42. The average molecular weight is 1100 g/mol. The Morgan fingerprint density at radius 1 is 0.603 bits per heavy atom. The fourth-order valence-corrected chi connectivity index (χ4v) is 8.51. The molecule has 10 rings (SSSR count). The molecule has 3 N–H and O–H groups in total. The van der Waals surface area contributed by atoms with E-state index in [1.165, 1.54) is 36.7 Å². The summed E-state index contributed by atoms with van der Waals surface area (Å²) in [5.74, 6) is 2.84. The fraction of sp³-hybridized carbons (Fsp3) is 0.236. The molecule has 2 aliphatic rings. The molecule has 0 bridgehead atoms. The van der Waals surface area contributed by atoms with Crippen LogP contribution in [-0.4, -0.2) is 84.2 Å². The van der Waals surface area contributed by atoms with Gasteiger partial charge in [0.2, 0.25) is 11.2 Å². The zero-order valence-electron chi connectivity index (χ0n) is 42.0. The van der Waals surface area contributed by atoms with E-state index in [1.54, 1.807) is 74.8 Å². The van der Waals surface area contributed by atoms with Crippen molar-refractivity contribution in [2.45, 2.75) is 46.1 Å². The third-order valence-corrected chi connectivity index (χ3v) is 12.1. The number of aromatic nitrogens is 6. The molecule has 0 fully saturated rings. The first-order valence-corrected chi connectivity index (χ1v) is 23.7. The van der Waals surface area contributed by atoms with E-state index in [4.69, 9.17) is 36.3 Å². The molecule has 408 valence electrons. The lowest BCUT2D eigenvalue weighted by Crippen LogP contribution is -2.35. The van der Waals surface area contributed by atoms with Crippen LogP contribution in [0, 0.1) is 13.8 Å². The summed E-state index contributed by atoms with van der Waals surface area (Å²) in [6.45, 7) is 4.12. The zero-order valence-corrected chi connectivity index (χ0v) is 42.8. The number of methoxy groups -OCH3 is 2.